The molecule has 34 heavy (non-hydrogen) atoms. The summed E-state index contributed by atoms with van der Waals surface area (Å²) in [6.07, 6.45) is 7.75. The number of aromatic nitrogens is 4. The summed E-state index contributed by atoms with van der Waals surface area (Å²) in [4.78, 5) is 31.3. The lowest BCUT2D eigenvalue weighted by Crippen LogP contribution is -2.16. The van der Waals surface area contributed by atoms with Gasteiger partial charge in [0.1, 0.15) is 5.82 Å². The number of pyridine rings is 2. The third kappa shape index (κ3) is 3.41. The first-order valence-electron chi connectivity index (χ1n) is 10.8. The Labute approximate surface area is 194 Å². The summed E-state index contributed by atoms with van der Waals surface area (Å²) in [5, 5.41) is 12.1. The van der Waals surface area contributed by atoms with Crippen molar-refractivity contribution in [1.82, 2.24) is 19.9 Å². The van der Waals surface area contributed by atoms with Gasteiger partial charge in [0.05, 0.1) is 10.4 Å². The fourth-order valence-electron chi connectivity index (χ4n) is 4.38. The van der Waals surface area contributed by atoms with E-state index >= 15 is 0 Å². The monoisotopic (exact) mass is 446 g/mol. The van der Waals surface area contributed by atoms with Gasteiger partial charge in [0.25, 0.3) is 5.69 Å². The van der Waals surface area contributed by atoms with Crippen molar-refractivity contribution in [3.8, 4) is 22.5 Å². The minimum atomic E-state index is -0.358. The predicted molar refractivity (Wildman–Crippen MR) is 130 cm³/mol. The number of nitrogens with zero attached hydrogens (tertiary/aromatic N) is 6. The quantitative estimate of drug-likeness (QED) is 0.271. The van der Waals surface area contributed by atoms with Gasteiger partial charge in [-0.1, -0.05) is 12.1 Å². The zero-order valence-electron chi connectivity index (χ0n) is 18.0. The average molecular weight is 446 g/mol. The Balaban J connectivity index is 1.55. The number of non-ortho nitro benzene ring substituents is 1. The molecule has 3 aromatic heterocycles. The minimum Gasteiger partial charge on any atom is -0.325 e. The van der Waals surface area contributed by atoms with Gasteiger partial charge >= 0.3 is 0 Å². The second kappa shape index (κ2) is 8.00. The van der Waals surface area contributed by atoms with Crippen LogP contribution >= 0.6 is 0 Å². The normalized spacial score (nSPS) is 12.6. The number of hydrogen-bond acceptors (Lipinski definition) is 7. The summed E-state index contributed by atoms with van der Waals surface area (Å²) in [6.45, 7) is 0.680. The van der Waals surface area contributed by atoms with Gasteiger partial charge in [-0.25, -0.2) is 9.97 Å². The molecular weight excluding hydrogens is 428 g/mol. The number of nitro benzene ring substituents is 1. The first kappa shape index (κ1) is 19.9. The molecule has 5 aromatic rings. The fourth-order valence-corrected chi connectivity index (χ4v) is 4.38. The van der Waals surface area contributed by atoms with Crippen molar-refractivity contribution >= 4 is 28.1 Å². The maximum atomic E-state index is 11.2. The fraction of sp³-hybridized carbons (Fsp3) is 0.0769. The van der Waals surface area contributed by atoms with Gasteiger partial charge in [-0.3, -0.25) is 20.1 Å². The molecule has 0 saturated carbocycles. The van der Waals surface area contributed by atoms with Crippen LogP contribution in [0.15, 0.2) is 85.5 Å². The van der Waals surface area contributed by atoms with Gasteiger partial charge in [0.2, 0.25) is 0 Å². The standard InChI is InChI=1S/C26H18N6O2/c33-32(34)21-6-8-24-18(13-21)9-12-31(24)26-22-7-5-17(19-3-1-10-27-15-19)14-23(22)29-25(30-26)20-4-2-11-28-16-20/h1-8,10-11,13-16H,9,12H2. The summed E-state index contributed by atoms with van der Waals surface area (Å²) in [5.74, 6) is 1.35. The topological polar surface area (TPSA) is 97.9 Å². The van der Waals surface area contributed by atoms with E-state index in [2.05, 4.69) is 14.9 Å². The highest BCUT2D eigenvalue weighted by Gasteiger charge is 2.26. The molecule has 0 aliphatic carbocycles. The molecule has 8 heteroatoms. The second-order valence-electron chi connectivity index (χ2n) is 8.06. The smallest absolute Gasteiger partial charge is 0.269 e. The van der Waals surface area contributed by atoms with Crippen molar-refractivity contribution in [2.75, 3.05) is 11.4 Å². The van der Waals surface area contributed by atoms with Gasteiger partial charge in [0.15, 0.2) is 5.82 Å². The number of anilines is 2. The van der Waals surface area contributed by atoms with Crippen LogP contribution in [0.3, 0.4) is 0 Å². The van der Waals surface area contributed by atoms with E-state index in [1.54, 1.807) is 30.7 Å². The SMILES string of the molecule is O=[N+]([O-])c1ccc2c(c1)CCN2c1nc(-c2cccnc2)nc2cc(-c3cccnc3)ccc12. The molecule has 0 atom stereocenters. The molecule has 0 spiro atoms. The molecule has 0 amide bonds. The molecule has 4 heterocycles. The zero-order valence-corrected chi connectivity index (χ0v) is 18.0. The lowest BCUT2D eigenvalue weighted by molar-refractivity contribution is -0.384. The van der Waals surface area contributed by atoms with Crippen LogP contribution in [-0.4, -0.2) is 31.4 Å². The molecule has 0 N–H and O–H groups in total. The van der Waals surface area contributed by atoms with E-state index in [0.29, 0.717) is 18.8 Å². The minimum absolute atomic E-state index is 0.102. The van der Waals surface area contributed by atoms with Crippen molar-refractivity contribution in [2.24, 2.45) is 0 Å². The van der Waals surface area contributed by atoms with E-state index in [0.717, 1.165) is 44.7 Å². The highest BCUT2D eigenvalue weighted by Crippen LogP contribution is 2.39. The Kier molecular flexibility index (Phi) is 4.69. The molecule has 0 saturated heterocycles. The summed E-state index contributed by atoms with van der Waals surface area (Å²) in [5.41, 5.74) is 5.62. The lowest BCUT2D eigenvalue weighted by Gasteiger charge is -2.21. The van der Waals surface area contributed by atoms with Gasteiger partial charge in [-0.2, -0.15) is 0 Å². The van der Waals surface area contributed by atoms with Crippen LogP contribution in [0.1, 0.15) is 5.56 Å². The molecule has 1 aliphatic heterocycles. The van der Waals surface area contributed by atoms with Crippen LogP contribution < -0.4 is 4.90 Å². The summed E-state index contributed by atoms with van der Waals surface area (Å²) in [7, 11) is 0. The van der Waals surface area contributed by atoms with E-state index < -0.39 is 0 Å². The molecule has 0 bridgehead atoms. The Hall–Kier alpha value is -4.72. The van der Waals surface area contributed by atoms with Crippen LogP contribution in [0.5, 0.6) is 0 Å². The second-order valence-corrected chi connectivity index (χ2v) is 8.06. The van der Waals surface area contributed by atoms with E-state index in [4.69, 9.17) is 9.97 Å². The van der Waals surface area contributed by atoms with Gasteiger partial charge in [-0.05, 0) is 53.9 Å². The van der Waals surface area contributed by atoms with Crippen LogP contribution in [-0.2, 0) is 6.42 Å². The maximum Gasteiger partial charge on any atom is 0.269 e. The molecule has 0 fully saturated rings. The Morgan fingerprint density at radius 1 is 0.853 bits per heavy atom. The van der Waals surface area contributed by atoms with Crippen LogP contribution in [0.25, 0.3) is 33.4 Å². The third-order valence-electron chi connectivity index (χ3n) is 6.02. The maximum absolute atomic E-state index is 11.2. The van der Waals surface area contributed by atoms with Crippen LogP contribution in [0.2, 0.25) is 0 Å². The van der Waals surface area contributed by atoms with E-state index in [1.165, 1.54) is 0 Å². The van der Waals surface area contributed by atoms with Crippen LogP contribution in [0.4, 0.5) is 17.2 Å². The summed E-state index contributed by atoms with van der Waals surface area (Å²) in [6, 6.07) is 18.8. The van der Waals surface area contributed by atoms with Crippen molar-refractivity contribution in [2.45, 2.75) is 6.42 Å². The average Bonchev–Trinajstić information content (AvgIpc) is 3.32. The van der Waals surface area contributed by atoms with E-state index in [1.807, 2.05) is 54.7 Å². The molecule has 8 nitrogen and oxygen atoms in total. The molecule has 1 aliphatic rings. The summed E-state index contributed by atoms with van der Waals surface area (Å²) < 4.78 is 0. The van der Waals surface area contributed by atoms with E-state index in [9.17, 15) is 10.1 Å². The molecular formula is C26H18N6O2. The van der Waals surface area contributed by atoms with Gasteiger partial charge in [-0.15, -0.1) is 0 Å². The largest absolute Gasteiger partial charge is 0.325 e. The number of benzene rings is 2. The van der Waals surface area contributed by atoms with Crippen molar-refractivity contribution in [3.63, 3.8) is 0 Å². The first-order chi connectivity index (χ1) is 16.7. The molecule has 0 unspecified atom stereocenters. The number of hydrogen-bond donors (Lipinski definition) is 0. The highest BCUT2D eigenvalue weighted by atomic mass is 16.6. The number of fused-ring (bicyclic) bond motifs is 2. The summed E-state index contributed by atoms with van der Waals surface area (Å²) >= 11 is 0. The highest BCUT2D eigenvalue weighted by molar-refractivity contribution is 5.96. The van der Waals surface area contributed by atoms with Crippen molar-refractivity contribution in [3.05, 3.63) is 101 Å². The Morgan fingerprint density at radius 2 is 1.65 bits per heavy atom. The van der Waals surface area contributed by atoms with Gasteiger partial charge < -0.3 is 4.90 Å². The lowest BCUT2D eigenvalue weighted by atomic mass is 10.1. The van der Waals surface area contributed by atoms with Crippen molar-refractivity contribution < 1.29 is 4.92 Å². The predicted octanol–water partition coefficient (Wildman–Crippen LogP) is 5.36. The first-order valence-corrected chi connectivity index (χ1v) is 10.8. The molecule has 164 valence electrons. The molecule has 6 rings (SSSR count). The Morgan fingerprint density at radius 3 is 2.38 bits per heavy atom. The van der Waals surface area contributed by atoms with E-state index in [-0.39, 0.29) is 10.6 Å². The number of rotatable bonds is 4. The van der Waals surface area contributed by atoms with Gasteiger partial charge in [0, 0.05) is 65.7 Å². The van der Waals surface area contributed by atoms with Crippen molar-refractivity contribution in [1.29, 1.82) is 0 Å². The Bertz CT molecular complexity index is 1530. The third-order valence-corrected chi connectivity index (χ3v) is 6.02. The number of nitro groups is 1. The zero-order chi connectivity index (χ0) is 23.1. The van der Waals surface area contributed by atoms with Crippen LogP contribution in [0, 0.1) is 10.1 Å². The molecule has 0 radical (unpaired) electrons. The molecule has 2 aromatic carbocycles.